The van der Waals surface area contributed by atoms with E-state index in [-0.39, 0.29) is 5.91 Å². The Bertz CT molecular complexity index is 1470. The Balaban J connectivity index is 0.997. The molecule has 0 atom stereocenters. The summed E-state index contributed by atoms with van der Waals surface area (Å²) in [7, 11) is 0. The van der Waals surface area contributed by atoms with Crippen molar-refractivity contribution in [2.45, 2.75) is 32.2 Å². The van der Waals surface area contributed by atoms with E-state index in [1.54, 1.807) is 0 Å². The van der Waals surface area contributed by atoms with Crippen molar-refractivity contribution in [3.63, 3.8) is 0 Å². The Morgan fingerprint density at radius 1 is 0.744 bits per heavy atom. The van der Waals surface area contributed by atoms with Crippen molar-refractivity contribution in [3.8, 4) is 0 Å². The molecule has 1 spiro atoms. The smallest absolute Gasteiger partial charge is 0.257 e. The zero-order valence-corrected chi connectivity index (χ0v) is 22.4. The average molecular weight is 518 g/mol. The van der Waals surface area contributed by atoms with Gasteiger partial charge in [0.1, 0.15) is 5.82 Å². The molecule has 198 valence electrons. The molecule has 2 aromatic carbocycles. The van der Waals surface area contributed by atoms with E-state index in [9.17, 15) is 4.79 Å². The van der Waals surface area contributed by atoms with Gasteiger partial charge < -0.3 is 9.80 Å². The highest BCUT2D eigenvalue weighted by Crippen LogP contribution is 2.45. The summed E-state index contributed by atoms with van der Waals surface area (Å²) in [6.45, 7) is 5.94. The Morgan fingerprint density at radius 2 is 1.44 bits per heavy atom. The predicted molar refractivity (Wildman–Crippen MR) is 155 cm³/mol. The van der Waals surface area contributed by atoms with Crippen molar-refractivity contribution < 1.29 is 4.79 Å². The molecule has 4 aromatic rings. The highest BCUT2D eigenvalue weighted by molar-refractivity contribution is 5.99. The number of pyridine rings is 2. The van der Waals surface area contributed by atoms with Gasteiger partial charge in [-0.15, -0.1) is 0 Å². The van der Waals surface area contributed by atoms with E-state index < -0.39 is 0 Å². The van der Waals surface area contributed by atoms with E-state index in [4.69, 9.17) is 4.98 Å². The lowest BCUT2D eigenvalue weighted by molar-refractivity contribution is 0.0629. The lowest BCUT2D eigenvalue weighted by Gasteiger charge is -2.41. The topological polar surface area (TPSA) is 52.6 Å². The first-order valence-corrected chi connectivity index (χ1v) is 14.3. The van der Waals surface area contributed by atoms with Crippen molar-refractivity contribution in [1.82, 2.24) is 19.8 Å². The zero-order chi connectivity index (χ0) is 26.2. The maximum Gasteiger partial charge on any atom is 0.257 e. The van der Waals surface area contributed by atoms with Gasteiger partial charge >= 0.3 is 0 Å². The molecule has 6 nitrogen and oxygen atoms in total. The van der Waals surface area contributed by atoms with E-state index in [2.05, 4.69) is 63.3 Å². The summed E-state index contributed by atoms with van der Waals surface area (Å²) < 4.78 is 0. The maximum absolute atomic E-state index is 13.7. The Morgan fingerprint density at radius 3 is 2.21 bits per heavy atom. The Labute approximate surface area is 230 Å². The SMILES string of the molecule is O=C(c1cccnc1N1CCC2(CC1)Cc1ccccc1C2)N1CCN(Cc2cccc3cccnc23)CC1. The monoisotopic (exact) mass is 517 g/mol. The second kappa shape index (κ2) is 10.1. The molecule has 2 saturated heterocycles. The summed E-state index contributed by atoms with van der Waals surface area (Å²) in [6, 6.07) is 23.3. The van der Waals surface area contributed by atoms with Crippen LogP contribution in [0.15, 0.2) is 79.1 Å². The second-order valence-electron chi connectivity index (χ2n) is 11.5. The third-order valence-electron chi connectivity index (χ3n) is 9.16. The third-order valence-corrected chi connectivity index (χ3v) is 9.16. The number of piperidine rings is 1. The van der Waals surface area contributed by atoms with Crippen LogP contribution in [0.25, 0.3) is 10.9 Å². The minimum absolute atomic E-state index is 0.109. The number of fused-ring (bicyclic) bond motifs is 2. The minimum Gasteiger partial charge on any atom is -0.356 e. The molecule has 1 aliphatic carbocycles. The van der Waals surface area contributed by atoms with E-state index in [0.717, 1.165) is 75.6 Å². The van der Waals surface area contributed by atoms with Gasteiger partial charge in [-0.3, -0.25) is 14.7 Å². The average Bonchev–Trinajstić information content (AvgIpc) is 3.35. The first-order valence-electron chi connectivity index (χ1n) is 14.3. The van der Waals surface area contributed by atoms with Gasteiger partial charge in [-0.2, -0.15) is 0 Å². The number of nitrogens with zero attached hydrogens (tertiary/aromatic N) is 5. The fraction of sp³-hybridized carbons (Fsp3) is 0.364. The molecule has 4 heterocycles. The molecule has 2 aliphatic heterocycles. The van der Waals surface area contributed by atoms with Crippen molar-refractivity contribution in [3.05, 3.63) is 101 Å². The number of carbonyl (C=O) groups is 1. The van der Waals surface area contributed by atoms with Crippen molar-refractivity contribution in [2.24, 2.45) is 5.41 Å². The van der Waals surface area contributed by atoms with Gasteiger partial charge in [0.2, 0.25) is 0 Å². The summed E-state index contributed by atoms with van der Waals surface area (Å²) in [6.07, 6.45) is 8.36. The normalized spacial score (nSPS) is 19.0. The predicted octanol–water partition coefficient (Wildman–Crippen LogP) is 4.97. The summed E-state index contributed by atoms with van der Waals surface area (Å²) in [5.74, 6) is 0.968. The Hall–Kier alpha value is -3.77. The third kappa shape index (κ3) is 4.67. The molecule has 0 bridgehead atoms. The number of aromatic nitrogens is 2. The first-order chi connectivity index (χ1) is 19.2. The number of hydrogen-bond donors (Lipinski definition) is 0. The highest BCUT2D eigenvalue weighted by Gasteiger charge is 2.40. The molecule has 2 fully saturated rings. The molecule has 3 aliphatic rings. The number of carbonyl (C=O) groups excluding carboxylic acids is 1. The molecule has 0 radical (unpaired) electrons. The number of amides is 1. The van der Waals surface area contributed by atoms with Crippen LogP contribution in [0.5, 0.6) is 0 Å². The van der Waals surface area contributed by atoms with Crippen molar-refractivity contribution in [2.75, 3.05) is 44.2 Å². The molecule has 0 unspecified atom stereocenters. The van der Waals surface area contributed by atoms with Crippen LogP contribution >= 0.6 is 0 Å². The Kier molecular flexibility index (Phi) is 6.28. The maximum atomic E-state index is 13.7. The fourth-order valence-corrected chi connectivity index (χ4v) is 6.95. The number of benzene rings is 2. The second-order valence-corrected chi connectivity index (χ2v) is 11.5. The highest BCUT2D eigenvalue weighted by atomic mass is 16.2. The standard InChI is InChI=1S/C33H35N5O/c39-32(38-20-18-36(19-21-38)24-28-9-3-8-25-10-4-14-34-30(25)28)29-11-5-15-35-31(29)37-16-12-33(13-17-37)22-26-6-1-2-7-27(26)23-33/h1-11,14-15H,12-13,16-24H2. The van der Waals surface area contributed by atoms with E-state index in [1.165, 1.54) is 34.9 Å². The molecule has 2 aromatic heterocycles. The summed E-state index contributed by atoms with van der Waals surface area (Å²) in [5, 5.41) is 1.18. The zero-order valence-electron chi connectivity index (χ0n) is 22.4. The first kappa shape index (κ1) is 24.3. The van der Waals surface area contributed by atoms with E-state index in [1.807, 2.05) is 35.5 Å². The molecule has 0 saturated carbocycles. The van der Waals surface area contributed by atoms with Gasteiger partial charge in [-0.1, -0.05) is 48.5 Å². The summed E-state index contributed by atoms with van der Waals surface area (Å²) in [4.78, 5) is 29.9. The van der Waals surface area contributed by atoms with Gasteiger partial charge in [-0.05, 0) is 66.0 Å². The van der Waals surface area contributed by atoms with Gasteiger partial charge in [0.25, 0.3) is 5.91 Å². The largest absolute Gasteiger partial charge is 0.356 e. The van der Waals surface area contributed by atoms with Crippen LogP contribution in [0, 0.1) is 5.41 Å². The van der Waals surface area contributed by atoms with Gasteiger partial charge in [0.15, 0.2) is 0 Å². The van der Waals surface area contributed by atoms with Crippen molar-refractivity contribution >= 4 is 22.6 Å². The summed E-state index contributed by atoms with van der Waals surface area (Å²) >= 11 is 0. The van der Waals surface area contributed by atoms with Crippen LogP contribution in [0.3, 0.4) is 0 Å². The van der Waals surface area contributed by atoms with E-state index >= 15 is 0 Å². The number of hydrogen-bond acceptors (Lipinski definition) is 5. The number of anilines is 1. The molecular weight excluding hydrogens is 482 g/mol. The summed E-state index contributed by atoms with van der Waals surface area (Å²) in [5.41, 5.74) is 6.48. The van der Waals surface area contributed by atoms with Gasteiger partial charge in [-0.25, -0.2) is 4.98 Å². The molecule has 7 rings (SSSR count). The number of rotatable bonds is 4. The quantitative estimate of drug-likeness (QED) is 0.383. The van der Waals surface area contributed by atoms with Crippen molar-refractivity contribution in [1.29, 1.82) is 0 Å². The number of para-hydroxylation sites is 1. The fourth-order valence-electron chi connectivity index (χ4n) is 6.95. The lowest BCUT2D eigenvalue weighted by atomic mass is 9.76. The van der Waals surface area contributed by atoms with Gasteiger partial charge in [0.05, 0.1) is 11.1 Å². The molecular formula is C33H35N5O. The number of piperazine rings is 1. The molecule has 0 N–H and O–H groups in total. The van der Waals surface area contributed by atoms with Crippen LogP contribution in [-0.2, 0) is 19.4 Å². The minimum atomic E-state index is 0.109. The van der Waals surface area contributed by atoms with E-state index in [0.29, 0.717) is 5.41 Å². The molecule has 39 heavy (non-hydrogen) atoms. The van der Waals surface area contributed by atoms with Crippen LogP contribution in [-0.4, -0.2) is 64.9 Å². The molecule has 6 heteroatoms. The van der Waals surface area contributed by atoms with Crippen LogP contribution in [0.2, 0.25) is 0 Å². The lowest BCUT2D eigenvalue weighted by Crippen LogP contribution is -2.49. The van der Waals surface area contributed by atoms with Crippen LogP contribution < -0.4 is 4.90 Å². The van der Waals surface area contributed by atoms with Crippen LogP contribution in [0.4, 0.5) is 5.82 Å². The van der Waals surface area contributed by atoms with Crippen LogP contribution in [0.1, 0.15) is 39.9 Å². The molecule has 1 amide bonds. The van der Waals surface area contributed by atoms with Gasteiger partial charge in [0, 0.05) is 63.6 Å².